The summed E-state index contributed by atoms with van der Waals surface area (Å²) in [5.74, 6) is -1.41. The first kappa shape index (κ1) is 11.8. The summed E-state index contributed by atoms with van der Waals surface area (Å²) in [5.41, 5.74) is 2.96. The monoisotopic (exact) mass is 232 g/mol. The molecule has 2 rings (SSSR count). The summed E-state index contributed by atoms with van der Waals surface area (Å²) in [5, 5.41) is 9.03. The standard InChI is InChI=1S/C14H16O3/c1-2-9-4-3-5-12-11(9)7-6-10(14(16)17)8-13(12)15/h3-5,10H,2,6-8H2,1H3,(H,16,17). The second-order valence-electron chi connectivity index (χ2n) is 4.50. The molecule has 1 aliphatic rings. The number of benzene rings is 1. The Morgan fingerprint density at radius 1 is 1.47 bits per heavy atom. The number of carbonyl (C=O) groups excluding carboxylic acids is 1. The number of carboxylic acids is 1. The van der Waals surface area contributed by atoms with E-state index in [-0.39, 0.29) is 12.2 Å². The number of hydrogen-bond donors (Lipinski definition) is 1. The van der Waals surface area contributed by atoms with E-state index < -0.39 is 11.9 Å². The van der Waals surface area contributed by atoms with Gasteiger partial charge in [-0.05, 0) is 30.4 Å². The van der Waals surface area contributed by atoms with E-state index in [1.54, 1.807) is 0 Å². The molecule has 0 saturated heterocycles. The Hall–Kier alpha value is -1.64. The Balaban J connectivity index is 2.40. The number of fused-ring (bicyclic) bond motifs is 1. The van der Waals surface area contributed by atoms with Crippen LogP contribution in [-0.2, 0) is 17.6 Å². The fourth-order valence-electron chi connectivity index (χ4n) is 2.49. The summed E-state index contributed by atoms with van der Waals surface area (Å²) >= 11 is 0. The van der Waals surface area contributed by atoms with E-state index in [9.17, 15) is 9.59 Å². The molecule has 3 nitrogen and oxygen atoms in total. The lowest BCUT2D eigenvalue weighted by molar-refractivity contribution is -0.141. The van der Waals surface area contributed by atoms with Crippen LogP contribution in [0.15, 0.2) is 18.2 Å². The lowest BCUT2D eigenvalue weighted by Crippen LogP contribution is -2.16. The zero-order valence-corrected chi connectivity index (χ0v) is 9.90. The van der Waals surface area contributed by atoms with Crippen LogP contribution in [0.1, 0.15) is 41.3 Å². The maximum atomic E-state index is 12.0. The Kier molecular flexibility index (Phi) is 3.27. The smallest absolute Gasteiger partial charge is 0.306 e. The van der Waals surface area contributed by atoms with Crippen molar-refractivity contribution in [1.29, 1.82) is 0 Å². The first-order valence-corrected chi connectivity index (χ1v) is 6.00. The van der Waals surface area contributed by atoms with Crippen molar-refractivity contribution in [1.82, 2.24) is 0 Å². The van der Waals surface area contributed by atoms with Crippen LogP contribution in [0.4, 0.5) is 0 Å². The highest BCUT2D eigenvalue weighted by atomic mass is 16.4. The van der Waals surface area contributed by atoms with Gasteiger partial charge in [-0.15, -0.1) is 0 Å². The summed E-state index contributed by atoms with van der Waals surface area (Å²) in [7, 11) is 0. The molecule has 1 atom stereocenters. The summed E-state index contributed by atoms with van der Waals surface area (Å²) in [6.45, 7) is 2.06. The maximum Gasteiger partial charge on any atom is 0.306 e. The quantitative estimate of drug-likeness (QED) is 0.797. The molecule has 0 amide bonds. The minimum atomic E-state index is -0.857. The van der Waals surface area contributed by atoms with E-state index in [0.717, 1.165) is 17.5 Å². The molecule has 0 saturated carbocycles. The first-order valence-electron chi connectivity index (χ1n) is 6.00. The van der Waals surface area contributed by atoms with Crippen LogP contribution in [0, 0.1) is 5.92 Å². The summed E-state index contributed by atoms with van der Waals surface area (Å²) in [4.78, 5) is 23.0. The molecular formula is C14H16O3. The molecule has 0 bridgehead atoms. The fourth-order valence-corrected chi connectivity index (χ4v) is 2.49. The topological polar surface area (TPSA) is 54.4 Å². The van der Waals surface area contributed by atoms with E-state index >= 15 is 0 Å². The highest BCUT2D eigenvalue weighted by molar-refractivity contribution is 6.00. The van der Waals surface area contributed by atoms with Crippen molar-refractivity contribution in [3.63, 3.8) is 0 Å². The molecule has 0 radical (unpaired) electrons. The molecule has 3 heteroatoms. The molecule has 1 aliphatic carbocycles. The Morgan fingerprint density at radius 2 is 2.24 bits per heavy atom. The third-order valence-corrected chi connectivity index (χ3v) is 3.48. The number of aryl methyl sites for hydroxylation is 1. The molecule has 0 fully saturated rings. The number of Topliss-reactive ketones (excluding diaryl/α,β-unsaturated/α-hetero) is 1. The lowest BCUT2D eigenvalue weighted by atomic mass is 9.95. The zero-order valence-electron chi connectivity index (χ0n) is 9.90. The average Bonchev–Trinajstić information content (AvgIpc) is 2.49. The fraction of sp³-hybridized carbons (Fsp3) is 0.429. The average molecular weight is 232 g/mol. The van der Waals surface area contributed by atoms with E-state index in [1.165, 1.54) is 5.56 Å². The van der Waals surface area contributed by atoms with Crippen molar-refractivity contribution in [3.8, 4) is 0 Å². The molecule has 0 spiro atoms. The number of hydrogen-bond acceptors (Lipinski definition) is 2. The van der Waals surface area contributed by atoms with Crippen LogP contribution >= 0.6 is 0 Å². The molecule has 0 aliphatic heterocycles. The lowest BCUT2D eigenvalue weighted by Gasteiger charge is -2.09. The second kappa shape index (κ2) is 4.70. The zero-order chi connectivity index (χ0) is 12.4. The molecular weight excluding hydrogens is 216 g/mol. The maximum absolute atomic E-state index is 12.0. The molecule has 1 unspecified atom stereocenters. The van der Waals surface area contributed by atoms with Crippen molar-refractivity contribution in [3.05, 3.63) is 34.9 Å². The van der Waals surface area contributed by atoms with E-state index in [4.69, 9.17) is 5.11 Å². The van der Waals surface area contributed by atoms with Gasteiger partial charge in [0.05, 0.1) is 5.92 Å². The number of aliphatic carboxylic acids is 1. The third-order valence-electron chi connectivity index (χ3n) is 3.48. The normalized spacial score (nSPS) is 19.6. The largest absolute Gasteiger partial charge is 0.481 e. The van der Waals surface area contributed by atoms with Gasteiger partial charge in [0.25, 0.3) is 0 Å². The van der Waals surface area contributed by atoms with Gasteiger partial charge in [-0.1, -0.05) is 25.1 Å². The predicted octanol–water partition coefficient (Wildman–Crippen LogP) is 2.47. The predicted molar refractivity (Wildman–Crippen MR) is 64.2 cm³/mol. The molecule has 0 heterocycles. The van der Waals surface area contributed by atoms with Gasteiger partial charge in [0, 0.05) is 12.0 Å². The van der Waals surface area contributed by atoms with Crippen molar-refractivity contribution < 1.29 is 14.7 Å². The van der Waals surface area contributed by atoms with Gasteiger partial charge in [-0.25, -0.2) is 0 Å². The van der Waals surface area contributed by atoms with Crippen LogP contribution in [0.25, 0.3) is 0 Å². The summed E-state index contributed by atoms with van der Waals surface area (Å²) < 4.78 is 0. The van der Waals surface area contributed by atoms with Crippen LogP contribution in [0.3, 0.4) is 0 Å². The van der Waals surface area contributed by atoms with E-state index in [0.29, 0.717) is 12.8 Å². The van der Waals surface area contributed by atoms with Crippen LogP contribution in [0.5, 0.6) is 0 Å². The minimum Gasteiger partial charge on any atom is -0.481 e. The van der Waals surface area contributed by atoms with Gasteiger partial charge in [-0.2, -0.15) is 0 Å². The van der Waals surface area contributed by atoms with Crippen LogP contribution in [-0.4, -0.2) is 16.9 Å². The third kappa shape index (κ3) is 2.23. The molecule has 1 N–H and O–H groups in total. The van der Waals surface area contributed by atoms with Crippen molar-refractivity contribution in [2.24, 2.45) is 5.92 Å². The van der Waals surface area contributed by atoms with Crippen molar-refractivity contribution >= 4 is 11.8 Å². The molecule has 90 valence electrons. The van der Waals surface area contributed by atoms with Gasteiger partial charge in [0.2, 0.25) is 0 Å². The number of ketones is 1. The van der Waals surface area contributed by atoms with Gasteiger partial charge >= 0.3 is 5.97 Å². The number of rotatable bonds is 2. The molecule has 17 heavy (non-hydrogen) atoms. The van der Waals surface area contributed by atoms with Crippen molar-refractivity contribution in [2.45, 2.75) is 32.6 Å². The Morgan fingerprint density at radius 3 is 2.88 bits per heavy atom. The molecule has 0 aromatic heterocycles. The molecule has 1 aromatic carbocycles. The van der Waals surface area contributed by atoms with Gasteiger partial charge < -0.3 is 5.11 Å². The second-order valence-corrected chi connectivity index (χ2v) is 4.50. The molecule has 1 aromatic rings. The minimum absolute atomic E-state index is 0.0276. The van der Waals surface area contributed by atoms with Gasteiger partial charge in [-0.3, -0.25) is 9.59 Å². The number of carbonyl (C=O) groups is 2. The SMILES string of the molecule is CCc1cccc2c1CCC(C(=O)O)CC2=O. The van der Waals surface area contributed by atoms with E-state index in [1.807, 2.05) is 18.2 Å². The number of carboxylic acid groups (broad SMARTS) is 1. The van der Waals surface area contributed by atoms with E-state index in [2.05, 4.69) is 6.92 Å². The van der Waals surface area contributed by atoms with Crippen LogP contribution in [0.2, 0.25) is 0 Å². The first-order chi connectivity index (χ1) is 8.13. The Labute approximate surface area is 100 Å². The van der Waals surface area contributed by atoms with Crippen LogP contribution < -0.4 is 0 Å². The van der Waals surface area contributed by atoms with Gasteiger partial charge in [0.1, 0.15) is 0 Å². The Bertz CT molecular complexity index is 463. The highest BCUT2D eigenvalue weighted by Gasteiger charge is 2.27. The van der Waals surface area contributed by atoms with Gasteiger partial charge in [0.15, 0.2) is 5.78 Å². The highest BCUT2D eigenvalue weighted by Crippen LogP contribution is 2.27. The van der Waals surface area contributed by atoms with Crippen molar-refractivity contribution in [2.75, 3.05) is 0 Å². The summed E-state index contributed by atoms with van der Waals surface area (Å²) in [6.07, 6.45) is 2.27. The summed E-state index contributed by atoms with van der Waals surface area (Å²) in [6, 6.07) is 5.73.